The zero-order valence-corrected chi connectivity index (χ0v) is 10.2. The molecule has 1 aromatic carbocycles. The van der Waals surface area contributed by atoms with Gasteiger partial charge in [-0.15, -0.1) is 0 Å². The fourth-order valence-electron chi connectivity index (χ4n) is 1.57. The van der Waals surface area contributed by atoms with E-state index in [1.165, 1.54) is 12.8 Å². The first-order valence-corrected chi connectivity index (χ1v) is 6.21. The van der Waals surface area contributed by atoms with Gasteiger partial charge in [-0.2, -0.15) is 0 Å². The quantitative estimate of drug-likeness (QED) is 0.790. The molecule has 0 heterocycles. The Morgan fingerprint density at radius 3 is 2.75 bits per heavy atom. The summed E-state index contributed by atoms with van der Waals surface area (Å²) < 4.78 is 5.79. The van der Waals surface area contributed by atoms with Gasteiger partial charge in [-0.05, 0) is 36.8 Å². The molecule has 88 valence electrons. The summed E-state index contributed by atoms with van der Waals surface area (Å²) in [7, 11) is 0. The highest BCUT2D eigenvalue weighted by Crippen LogP contribution is 2.31. The van der Waals surface area contributed by atoms with Gasteiger partial charge in [0.05, 0.1) is 12.3 Å². The van der Waals surface area contributed by atoms with Crippen LogP contribution in [0.4, 0.5) is 5.69 Å². The van der Waals surface area contributed by atoms with Crippen molar-refractivity contribution in [3.8, 4) is 5.75 Å². The Hall–Kier alpha value is -1.18. The number of ether oxygens (including phenoxy) is 1. The lowest BCUT2D eigenvalue weighted by molar-refractivity contribution is 0.272. The topological polar surface area (TPSA) is 21.3 Å². The van der Waals surface area contributed by atoms with Crippen LogP contribution in [0.25, 0.3) is 0 Å². The molecule has 2 heteroatoms. The molecule has 0 bridgehead atoms. The molecular formula is C14H21NO. The Balaban J connectivity index is 1.92. The van der Waals surface area contributed by atoms with E-state index in [9.17, 15) is 0 Å². The number of benzene rings is 1. The van der Waals surface area contributed by atoms with Gasteiger partial charge in [-0.25, -0.2) is 0 Å². The highest BCUT2D eigenvalue weighted by Gasteiger charge is 2.20. The second kappa shape index (κ2) is 5.24. The van der Waals surface area contributed by atoms with Gasteiger partial charge >= 0.3 is 0 Å². The van der Waals surface area contributed by atoms with Gasteiger partial charge in [0.15, 0.2) is 0 Å². The molecule has 0 radical (unpaired) electrons. The van der Waals surface area contributed by atoms with E-state index in [0.717, 1.165) is 30.5 Å². The number of hydrogen-bond acceptors (Lipinski definition) is 2. The molecule has 0 aliphatic heterocycles. The van der Waals surface area contributed by atoms with Crippen molar-refractivity contribution in [1.29, 1.82) is 0 Å². The summed E-state index contributed by atoms with van der Waals surface area (Å²) in [6, 6.07) is 8.21. The molecule has 0 unspecified atom stereocenters. The van der Waals surface area contributed by atoms with Crippen LogP contribution in [-0.4, -0.2) is 13.2 Å². The van der Waals surface area contributed by atoms with Gasteiger partial charge in [0.1, 0.15) is 5.75 Å². The van der Waals surface area contributed by atoms with Gasteiger partial charge in [-0.3, -0.25) is 0 Å². The Kier molecular flexibility index (Phi) is 3.70. The lowest BCUT2D eigenvalue weighted by Gasteiger charge is -2.14. The summed E-state index contributed by atoms with van der Waals surface area (Å²) in [6.07, 6.45) is 2.75. The van der Waals surface area contributed by atoms with Crippen molar-refractivity contribution < 1.29 is 4.74 Å². The number of nitrogens with one attached hydrogen (secondary N) is 1. The molecule has 2 rings (SSSR count). The van der Waals surface area contributed by atoms with E-state index in [1.54, 1.807) is 0 Å². The maximum atomic E-state index is 5.79. The normalized spacial score (nSPS) is 15.2. The van der Waals surface area contributed by atoms with Gasteiger partial charge in [0.2, 0.25) is 0 Å². The lowest BCUT2D eigenvalue weighted by Crippen LogP contribution is -2.08. The predicted octanol–water partition coefficient (Wildman–Crippen LogP) is 3.54. The molecule has 0 saturated heterocycles. The molecule has 1 fully saturated rings. The first kappa shape index (κ1) is 11.3. The SMILES string of the molecule is CC(C)COc1ccccc1NCC1CC1. The molecule has 1 aromatic rings. The molecule has 1 saturated carbocycles. The highest BCUT2D eigenvalue weighted by atomic mass is 16.5. The first-order chi connectivity index (χ1) is 7.75. The summed E-state index contributed by atoms with van der Waals surface area (Å²) in [5.74, 6) is 2.44. The van der Waals surface area contributed by atoms with E-state index in [-0.39, 0.29) is 0 Å². The minimum Gasteiger partial charge on any atom is -0.491 e. The van der Waals surface area contributed by atoms with Crippen LogP contribution in [-0.2, 0) is 0 Å². The van der Waals surface area contributed by atoms with Gasteiger partial charge in [0, 0.05) is 6.54 Å². The summed E-state index contributed by atoms with van der Waals surface area (Å²) in [6.45, 7) is 6.20. The third-order valence-electron chi connectivity index (χ3n) is 2.74. The van der Waals surface area contributed by atoms with E-state index in [2.05, 4.69) is 31.3 Å². The van der Waals surface area contributed by atoms with Crippen molar-refractivity contribution in [3.05, 3.63) is 24.3 Å². The maximum Gasteiger partial charge on any atom is 0.142 e. The number of rotatable bonds is 6. The molecule has 0 spiro atoms. The van der Waals surface area contributed by atoms with Crippen LogP contribution in [0, 0.1) is 11.8 Å². The largest absolute Gasteiger partial charge is 0.491 e. The second-order valence-corrected chi connectivity index (χ2v) is 5.03. The van der Waals surface area contributed by atoms with Crippen molar-refractivity contribution in [2.45, 2.75) is 26.7 Å². The van der Waals surface area contributed by atoms with Crippen molar-refractivity contribution in [2.75, 3.05) is 18.5 Å². The molecule has 0 amide bonds. The molecule has 2 nitrogen and oxygen atoms in total. The van der Waals surface area contributed by atoms with Crippen molar-refractivity contribution in [2.24, 2.45) is 11.8 Å². The summed E-state index contributed by atoms with van der Waals surface area (Å²) >= 11 is 0. The number of hydrogen-bond donors (Lipinski definition) is 1. The van der Waals surface area contributed by atoms with E-state index >= 15 is 0 Å². The predicted molar refractivity (Wildman–Crippen MR) is 68.0 cm³/mol. The second-order valence-electron chi connectivity index (χ2n) is 5.03. The average molecular weight is 219 g/mol. The third-order valence-corrected chi connectivity index (χ3v) is 2.74. The van der Waals surface area contributed by atoms with Crippen LogP contribution in [0.3, 0.4) is 0 Å². The van der Waals surface area contributed by atoms with E-state index < -0.39 is 0 Å². The zero-order chi connectivity index (χ0) is 11.4. The highest BCUT2D eigenvalue weighted by molar-refractivity contribution is 5.56. The molecule has 1 N–H and O–H groups in total. The molecule has 0 aromatic heterocycles. The summed E-state index contributed by atoms with van der Waals surface area (Å²) in [5.41, 5.74) is 1.13. The molecule has 1 aliphatic rings. The van der Waals surface area contributed by atoms with E-state index in [0.29, 0.717) is 5.92 Å². The summed E-state index contributed by atoms with van der Waals surface area (Å²) in [4.78, 5) is 0. The lowest BCUT2D eigenvalue weighted by atomic mass is 10.2. The first-order valence-electron chi connectivity index (χ1n) is 6.21. The molecule has 16 heavy (non-hydrogen) atoms. The summed E-state index contributed by atoms with van der Waals surface area (Å²) in [5, 5.41) is 3.47. The Bertz CT molecular complexity index is 306. The van der Waals surface area contributed by atoms with Gasteiger partial charge in [0.25, 0.3) is 0 Å². The number of para-hydroxylation sites is 2. The van der Waals surface area contributed by atoms with Crippen LogP contribution < -0.4 is 10.1 Å². The van der Waals surface area contributed by atoms with Crippen LogP contribution in [0.15, 0.2) is 24.3 Å². The van der Waals surface area contributed by atoms with Crippen molar-refractivity contribution in [1.82, 2.24) is 0 Å². The van der Waals surface area contributed by atoms with Crippen LogP contribution in [0.2, 0.25) is 0 Å². The van der Waals surface area contributed by atoms with Crippen LogP contribution in [0.1, 0.15) is 26.7 Å². The van der Waals surface area contributed by atoms with Gasteiger partial charge < -0.3 is 10.1 Å². The van der Waals surface area contributed by atoms with E-state index in [1.807, 2.05) is 12.1 Å². The maximum absolute atomic E-state index is 5.79. The molecule has 1 aliphatic carbocycles. The van der Waals surface area contributed by atoms with Gasteiger partial charge in [-0.1, -0.05) is 26.0 Å². The van der Waals surface area contributed by atoms with Crippen molar-refractivity contribution >= 4 is 5.69 Å². The monoisotopic (exact) mass is 219 g/mol. The third kappa shape index (κ3) is 3.44. The zero-order valence-electron chi connectivity index (χ0n) is 10.2. The average Bonchev–Trinajstić information content (AvgIpc) is 3.08. The van der Waals surface area contributed by atoms with Crippen LogP contribution >= 0.6 is 0 Å². The Labute approximate surface area is 98.0 Å². The standard InChI is InChI=1S/C14H21NO/c1-11(2)10-16-14-6-4-3-5-13(14)15-9-12-7-8-12/h3-6,11-12,15H,7-10H2,1-2H3. The molecular weight excluding hydrogens is 198 g/mol. The Morgan fingerprint density at radius 1 is 1.31 bits per heavy atom. The smallest absolute Gasteiger partial charge is 0.142 e. The van der Waals surface area contributed by atoms with Crippen molar-refractivity contribution in [3.63, 3.8) is 0 Å². The Morgan fingerprint density at radius 2 is 2.06 bits per heavy atom. The van der Waals surface area contributed by atoms with E-state index in [4.69, 9.17) is 4.74 Å². The van der Waals surface area contributed by atoms with Crippen LogP contribution in [0.5, 0.6) is 5.75 Å². The fourth-order valence-corrected chi connectivity index (χ4v) is 1.57. The molecule has 0 atom stereocenters. The fraction of sp³-hybridized carbons (Fsp3) is 0.571. The minimum atomic E-state index is 0.566. The minimum absolute atomic E-state index is 0.566. The number of anilines is 1.